The van der Waals surface area contributed by atoms with Crippen LogP contribution in [0.25, 0.3) is 27.3 Å². The third-order valence-electron chi connectivity index (χ3n) is 6.47. The highest BCUT2D eigenvalue weighted by Gasteiger charge is 2.18. The van der Waals surface area contributed by atoms with Crippen LogP contribution in [0.15, 0.2) is 76.1 Å². The Morgan fingerprint density at radius 3 is 2.33 bits per heavy atom. The normalized spacial score (nSPS) is 17.4. The highest BCUT2D eigenvalue weighted by atomic mass is 16.3. The van der Waals surface area contributed by atoms with Crippen LogP contribution in [-0.4, -0.2) is 11.1 Å². The molecule has 3 nitrogen and oxygen atoms in total. The van der Waals surface area contributed by atoms with Gasteiger partial charge in [0.15, 0.2) is 0 Å². The lowest BCUT2D eigenvalue weighted by atomic mass is 9.96. The summed E-state index contributed by atoms with van der Waals surface area (Å²) in [6.45, 7) is 0. The molecule has 0 radical (unpaired) electrons. The molecule has 1 saturated carbocycles. The van der Waals surface area contributed by atoms with Crippen LogP contribution in [0.2, 0.25) is 0 Å². The fourth-order valence-corrected chi connectivity index (χ4v) is 5.03. The van der Waals surface area contributed by atoms with Crippen molar-refractivity contribution in [2.24, 2.45) is 4.99 Å². The van der Waals surface area contributed by atoms with Crippen molar-refractivity contribution in [2.45, 2.75) is 38.1 Å². The Morgan fingerprint density at radius 1 is 0.833 bits per heavy atom. The Labute approximate surface area is 174 Å². The molecule has 1 aliphatic heterocycles. The van der Waals surface area contributed by atoms with Gasteiger partial charge >= 0.3 is 0 Å². The second-order valence-electron chi connectivity index (χ2n) is 8.33. The molecule has 0 unspecified atom stereocenters. The number of benzene rings is 3. The molecule has 0 bridgehead atoms. The van der Waals surface area contributed by atoms with Crippen molar-refractivity contribution in [2.75, 3.05) is 0 Å². The number of aliphatic hydroxyl groups is 1. The van der Waals surface area contributed by atoms with E-state index in [0.29, 0.717) is 5.55 Å². The standard InChI is InChI=1S/C27H23NO2/c29-25(18-9-3-1-4-10-18)24-23-20-15-7-11-17-12-8-16-21(22(17)20)26(23)30-27(24)28-19-13-5-2-6-14-19/h1,3-4,7-12,15-16,19,29H,2,5-6,13-14H2/b25-24-,28-27?. The first kappa shape index (κ1) is 17.5. The van der Waals surface area contributed by atoms with Gasteiger partial charge in [-0.3, -0.25) is 0 Å². The summed E-state index contributed by atoms with van der Waals surface area (Å²) in [6.07, 6.45) is 5.87. The number of fused-ring (bicyclic) bond motifs is 2. The fraction of sp³-hybridized carbons (Fsp3) is 0.222. The zero-order chi connectivity index (χ0) is 20.1. The highest BCUT2D eigenvalue weighted by molar-refractivity contribution is 6.11. The van der Waals surface area contributed by atoms with E-state index in [1.165, 1.54) is 30.0 Å². The number of hydrogen-bond donors (Lipinski definition) is 1. The van der Waals surface area contributed by atoms with E-state index in [1.54, 1.807) is 0 Å². The van der Waals surface area contributed by atoms with E-state index < -0.39 is 0 Å². The Kier molecular flexibility index (Phi) is 4.02. The lowest BCUT2D eigenvalue weighted by Gasteiger charge is -2.16. The minimum atomic E-state index is 0.236. The van der Waals surface area contributed by atoms with Gasteiger partial charge in [-0.25, -0.2) is 4.99 Å². The smallest absolute Gasteiger partial charge is 0.226 e. The monoisotopic (exact) mass is 393 g/mol. The van der Waals surface area contributed by atoms with Gasteiger partial charge in [0.2, 0.25) is 5.55 Å². The summed E-state index contributed by atoms with van der Waals surface area (Å²) in [5.41, 5.74) is 2.18. The van der Waals surface area contributed by atoms with Gasteiger partial charge in [0.25, 0.3) is 0 Å². The van der Waals surface area contributed by atoms with Gasteiger partial charge in [-0.05, 0) is 23.6 Å². The van der Waals surface area contributed by atoms with Crippen molar-refractivity contribution in [1.82, 2.24) is 0 Å². The van der Waals surface area contributed by atoms with Gasteiger partial charge in [-0.15, -0.1) is 0 Å². The molecule has 3 heteroatoms. The molecule has 30 heavy (non-hydrogen) atoms. The molecule has 0 atom stereocenters. The van der Waals surface area contributed by atoms with Crippen LogP contribution in [0, 0.1) is 10.6 Å². The Hall–Kier alpha value is -3.33. The minimum Gasteiger partial charge on any atom is -0.506 e. The molecule has 0 spiro atoms. The van der Waals surface area contributed by atoms with Crippen molar-refractivity contribution in [3.05, 3.63) is 93.7 Å². The molecule has 3 aromatic rings. The molecule has 1 heterocycles. The third kappa shape index (κ3) is 2.62. The van der Waals surface area contributed by atoms with Gasteiger partial charge in [-0.2, -0.15) is 0 Å². The second-order valence-corrected chi connectivity index (χ2v) is 8.33. The van der Waals surface area contributed by atoms with Crippen molar-refractivity contribution in [3.8, 4) is 0 Å². The average molecular weight is 393 g/mol. The first-order valence-corrected chi connectivity index (χ1v) is 10.8. The summed E-state index contributed by atoms with van der Waals surface area (Å²) in [7, 11) is 0. The Bertz CT molecular complexity index is 1520. The van der Waals surface area contributed by atoms with Crippen molar-refractivity contribution in [1.29, 1.82) is 0 Å². The lowest BCUT2D eigenvalue weighted by Crippen LogP contribution is -2.28. The van der Waals surface area contributed by atoms with Crippen LogP contribution in [0.1, 0.15) is 37.7 Å². The highest BCUT2D eigenvalue weighted by Crippen LogP contribution is 2.30. The first-order chi connectivity index (χ1) is 14.8. The maximum absolute atomic E-state index is 11.4. The SMILES string of the molecule is O/C(c1ccccc1)=c1\c(=NC2CCCCC2)oc2c3cccc4cccc(c1=2)c43. The minimum absolute atomic E-state index is 0.236. The van der Waals surface area contributed by atoms with E-state index >= 15 is 0 Å². The quantitative estimate of drug-likeness (QED) is 0.435. The van der Waals surface area contributed by atoms with E-state index in [9.17, 15) is 5.11 Å². The molecular formula is C27H23NO2. The Balaban J connectivity index is 1.80. The zero-order valence-corrected chi connectivity index (χ0v) is 16.8. The topological polar surface area (TPSA) is 45.7 Å². The molecule has 0 saturated heterocycles. The lowest BCUT2D eigenvalue weighted by molar-refractivity contribution is 0.406. The van der Waals surface area contributed by atoms with E-state index in [4.69, 9.17) is 9.41 Å². The van der Waals surface area contributed by atoms with Crippen LogP contribution in [0.3, 0.4) is 0 Å². The molecule has 148 valence electrons. The second kappa shape index (κ2) is 6.88. The van der Waals surface area contributed by atoms with E-state index in [2.05, 4.69) is 36.4 Å². The van der Waals surface area contributed by atoms with E-state index in [0.717, 1.165) is 45.0 Å². The van der Waals surface area contributed by atoms with Gasteiger partial charge in [0, 0.05) is 21.6 Å². The predicted molar refractivity (Wildman–Crippen MR) is 119 cm³/mol. The van der Waals surface area contributed by atoms with Crippen LogP contribution in [0.4, 0.5) is 0 Å². The maximum Gasteiger partial charge on any atom is 0.226 e. The van der Waals surface area contributed by atoms with Gasteiger partial charge in [0.05, 0.1) is 11.3 Å². The molecule has 0 amide bonds. The summed E-state index contributed by atoms with van der Waals surface area (Å²) in [5.74, 6) is 0.236. The number of aliphatic hydroxyl groups excluding tert-OH is 1. The van der Waals surface area contributed by atoms with Crippen molar-refractivity contribution < 1.29 is 9.52 Å². The average Bonchev–Trinajstić information content (AvgIpc) is 3.31. The summed E-state index contributed by atoms with van der Waals surface area (Å²) in [5, 5.41) is 17.7. The fourth-order valence-electron chi connectivity index (χ4n) is 5.03. The number of rotatable bonds is 2. The molecule has 3 aliphatic rings. The summed E-state index contributed by atoms with van der Waals surface area (Å²) < 4.78 is 6.43. The first-order valence-electron chi connectivity index (χ1n) is 10.8. The van der Waals surface area contributed by atoms with Crippen LogP contribution < -0.4 is 10.8 Å². The number of nitrogens with zero attached hydrogens (tertiary/aromatic N) is 1. The molecular weight excluding hydrogens is 370 g/mol. The molecule has 0 aromatic heterocycles. The van der Waals surface area contributed by atoms with E-state index in [-0.39, 0.29) is 11.8 Å². The van der Waals surface area contributed by atoms with Gasteiger partial charge in [0.1, 0.15) is 11.2 Å². The molecule has 1 N–H and O–H groups in total. The number of hydrogen-bond acceptors (Lipinski definition) is 3. The van der Waals surface area contributed by atoms with Gasteiger partial charge < -0.3 is 9.52 Å². The van der Waals surface area contributed by atoms with E-state index in [1.807, 2.05) is 30.3 Å². The summed E-state index contributed by atoms with van der Waals surface area (Å²) in [4.78, 5) is 5.02. The van der Waals surface area contributed by atoms with Crippen LogP contribution in [0.5, 0.6) is 0 Å². The largest absolute Gasteiger partial charge is 0.506 e. The van der Waals surface area contributed by atoms with Crippen molar-refractivity contribution in [3.63, 3.8) is 0 Å². The summed E-state index contributed by atoms with van der Waals surface area (Å²) >= 11 is 0. The Morgan fingerprint density at radius 2 is 1.57 bits per heavy atom. The molecule has 3 aromatic carbocycles. The molecule has 1 fully saturated rings. The molecule has 2 aliphatic carbocycles. The van der Waals surface area contributed by atoms with Crippen LogP contribution in [-0.2, 0) is 0 Å². The molecule has 6 rings (SSSR count). The zero-order valence-electron chi connectivity index (χ0n) is 16.8. The predicted octanol–water partition coefficient (Wildman–Crippen LogP) is 5.42. The third-order valence-corrected chi connectivity index (χ3v) is 6.47. The maximum atomic E-state index is 11.4. The van der Waals surface area contributed by atoms with Crippen molar-refractivity contribution >= 4 is 27.3 Å². The summed E-state index contributed by atoms with van der Waals surface area (Å²) in [6, 6.07) is 22.6. The van der Waals surface area contributed by atoms with Gasteiger partial charge in [-0.1, -0.05) is 86.0 Å². The van der Waals surface area contributed by atoms with Crippen LogP contribution >= 0.6 is 0 Å².